The minimum atomic E-state index is 0.517. The second-order valence-electron chi connectivity index (χ2n) is 5.03. The molecule has 2 N–H and O–H groups in total. The molecule has 2 bridgehead atoms. The summed E-state index contributed by atoms with van der Waals surface area (Å²) in [5.74, 6) is 2.34. The molecule has 3 aliphatic heterocycles. The predicted octanol–water partition coefficient (Wildman–Crippen LogP) is 1.79. The molecule has 0 amide bonds. The van der Waals surface area contributed by atoms with Gasteiger partial charge >= 0.3 is 0 Å². The number of fused-ring (bicyclic) bond motifs is 3. The van der Waals surface area contributed by atoms with Gasteiger partial charge in [-0.3, -0.25) is 0 Å². The average Bonchev–Trinajstić information content (AvgIpc) is 2.43. The Balaban J connectivity index is 1.76. The van der Waals surface area contributed by atoms with E-state index in [0.717, 1.165) is 22.8 Å². The van der Waals surface area contributed by atoms with Crippen molar-refractivity contribution in [1.82, 2.24) is 14.9 Å². The molecule has 0 spiro atoms. The molecule has 3 aliphatic rings. The summed E-state index contributed by atoms with van der Waals surface area (Å²) in [6, 6.07) is 0.517. The number of aromatic nitrogens is 2. The molecule has 0 aromatic carbocycles. The number of anilines is 2. The van der Waals surface area contributed by atoms with Crippen LogP contribution in [0.5, 0.6) is 0 Å². The minimum absolute atomic E-state index is 0.517. The summed E-state index contributed by atoms with van der Waals surface area (Å²) in [5, 5.41) is 6.55. The number of nitrogens with zero attached hydrogens (tertiary/aromatic N) is 3. The topological polar surface area (TPSA) is 53.1 Å². The van der Waals surface area contributed by atoms with Crippen LogP contribution in [-0.4, -0.2) is 47.6 Å². The van der Waals surface area contributed by atoms with Gasteiger partial charge in [-0.15, -0.1) is 0 Å². The highest BCUT2D eigenvalue weighted by atomic mass is 79.9. The van der Waals surface area contributed by atoms with Gasteiger partial charge < -0.3 is 15.5 Å². The minimum Gasteiger partial charge on any atom is -0.365 e. The maximum Gasteiger partial charge on any atom is 0.224 e. The highest BCUT2D eigenvalue weighted by molar-refractivity contribution is 9.10. The van der Waals surface area contributed by atoms with E-state index < -0.39 is 0 Å². The number of rotatable bonds is 3. The maximum atomic E-state index is 4.47. The highest BCUT2D eigenvalue weighted by Gasteiger charge is 2.34. The molecule has 4 heterocycles. The molecule has 0 saturated carbocycles. The summed E-state index contributed by atoms with van der Waals surface area (Å²) >= 11 is 3.51. The largest absolute Gasteiger partial charge is 0.365 e. The van der Waals surface area contributed by atoms with E-state index in [9.17, 15) is 0 Å². The number of halogens is 1. The normalized spacial score (nSPS) is 30.2. The van der Waals surface area contributed by atoms with Crippen molar-refractivity contribution in [3.05, 3.63) is 10.7 Å². The molecule has 6 heteroatoms. The third-order valence-electron chi connectivity index (χ3n) is 3.95. The van der Waals surface area contributed by atoms with Crippen LogP contribution in [0.2, 0.25) is 0 Å². The number of hydrogen-bond donors (Lipinski definition) is 2. The van der Waals surface area contributed by atoms with Crippen LogP contribution in [0.1, 0.15) is 12.8 Å². The molecule has 3 fully saturated rings. The lowest BCUT2D eigenvalue weighted by atomic mass is 9.84. The second kappa shape index (κ2) is 5.01. The average molecular weight is 312 g/mol. The molecule has 98 valence electrons. The molecule has 1 atom stereocenters. The van der Waals surface area contributed by atoms with Gasteiger partial charge in [-0.1, -0.05) is 0 Å². The van der Waals surface area contributed by atoms with Crippen molar-refractivity contribution < 1.29 is 0 Å². The van der Waals surface area contributed by atoms with E-state index in [2.05, 4.69) is 41.4 Å². The van der Waals surface area contributed by atoms with Crippen molar-refractivity contribution >= 4 is 27.7 Å². The summed E-state index contributed by atoms with van der Waals surface area (Å²) in [6.45, 7) is 3.65. The van der Waals surface area contributed by atoms with Crippen LogP contribution in [0, 0.1) is 5.92 Å². The van der Waals surface area contributed by atoms with Gasteiger partial charge in [0, 0.05) is 25.8 Å². The van der Waals surface area contributed by atoms with Crippen molar-refractivity contribution in [2.75, 3.05) is 37.3 Å². The van der Waals surface area contributed by atoms with Crippen molar-refractivity contribution in [3.8, 4) is 0 Å². The Bertz CT molecular complexity index is 430. The Morgan fingerprint density at radius 1 is 1.39 bits per heavy atom. The standard InChI is InChI=1S/C12H18BrN5/c1-14-12-15-6-9(13)11(17-12)16-10-7-18-4-2-8(10)3-5-18/h6,8,10H,2-5,7H2,1H3,(H2,14,15,16,17). The fraction of sp³-hybridized carbons (Fsp3) is 0.667. The fourth-order valence-electron chi connectivity index (χ4n) is 2.89. The first-order valence-corrected chi connectivity index (χ1v) is 7.25. The highest BCUT2D eigenvalue weighted by Crippen LogP contribution is 2.31. The van der Waals surface area contributed by atoms with Gasteiger partial charge in [-0.25, -0.2) is 4.98 Å². The van der Waals surface area contributed by atoms with Gasteiger partial charge in [0.25, 0.3) is 0 Å². The first-order valence-electron chi connectivity index (χ1n) is 6.45. The molecular formula is C12H18BrN5. The van der Waals surface area contributed by atoms with E-state index in [1.54, 1.807) is 6.20 Å². The summed E-state index contributed by atoms with van der Waals surface area (Å²) < 4.78 is 0.929. The SMILES string of the molecule is CNc1ncc(Br)c(NC2CN3CCC2CC3)n1. The van der Waals surface area contributed by atoms with E-state index in [1.807, 2.05) is 7.05 Å². The van der Waals surface area contributed by atoms with Crippen LogP contribution in [0.15, 0.2) is 10.7 Å². The lowest BCUT2D eigenvalue weighted by molar-refractivity contribution is 0.0973. The third kappa shape index (κ3) is 2.31. The van der Waals surface area contributed by atoms with Crippen LogP contribution in [0.25, 0.3) is 0 Å². The van der Waals surface area contributed by atoms with Crippen LogP contribution >= 0.6 is 15.9 Å². The molecule has 0 aliphatic carbocycles. The lowest BCUT2D eigenvalue weighted by Gasteiger charge is -2.45. The van der Waals surface area contributed by atoms with Gasteiger partial charge in [-0.05, 0) is 47.8 Å². The Morgan fingerprint density at radius 3 is 2.78 bits per heavy atom. The van der Waals surface area contributed by atoms with E-state index in [-0.39, 0.29) is 0 Å². The predicted molar refractivity (Wildman–Crippen MR) is 75.9 cm³/mol. The molecule has 5 nitrogen and oxygen atoms in total. The van der Waals surface area contributed by atoms with Gasteiger partial charge in [-0.2, -0.15) is 4.98 Å². The molecule has 1 aromatic rings. The zero-order chi connectivity index (χ0) is 12.5. The van der Waals surface area contributed by atoms with Crippen molar-refractivity contribution in [1.29, 1.82) is 0 Å². The third-order valence-corrected chi connectivity index (χ3v) is 4.53. The zero-order valence-electron chi connectivity index (χ0n) is 10.5. The molecule has 4 rings (SSSR count). The van der Waals surface area contributed by atoms with E-state index in [4.69, 9.17) is 0 Å². The van der Waals surface area contributed by atoms with Crippen LogP contribution in [0.4, 0.5) is 11.8 Å². The van der Waals surface area contributed by atoms with Gasteiger partial charge in [0.15, 0.2) is 0 Å². The lowest BCUT2D eigenvalue weighted by Crippen LogP contribution is -2.53. The van der Waals surface area contributed by atoms with Crippen LogP contribution in [-0.2, 0) is 0 Å². The van der Waals surface area contributed by atoms with E-state index in [1.165, 1.54) is 25.9 Å². The van der Waals surface area contributed by atoms with Crippen molar-refractivity contribution in [3.63, 3.8) is 0 Å². The first kappa shape index (κ1) is 12.2. The monoisotopic (exact) mass is 311 g/mol. The summed E-state index contributed by atoms with van der Waals surface area (Å²) in [4.78, 5) is 11.2. The van der Waals surface area contributed by atoms with Gasteiger partial charge in [0.2, 0.25) is 5.95 Å². The first-order chi connectivity index (χ1) is 8.76. The van der Waals surface area contributed by atoms with Gasteiger partial charge in [0.1, 0.15) is 5.82 Å². The Labute approximate surface area is 116 Å². The molecule has 0 radical (unpaired) electrons. The summed E-state index contributed by atoms with van der Waals surface area (Å²) in [7, 11) is 1.83. The smallest absolute Gasteiger partial charge is 0.224 e. The Kier molecular flexibility index (Phi) is 3.39. The number of hydrogen-bond acceptors (Lipinski definition) is 5. The van der Waals surface area contributed by atoms with E-state index in [0.29, 0.717) is 12.0 Å². The Morgan fingerprint density at radius 2 is 2.17 bits per heavy atom. The molecule has 1 aromatic heterocycles. The molecule has 1 unspecified atom stereocenters. The maximum absolute atomic E-state index is 4.47. The van der Waals surface area contributed by atoms with Gasteiger partial charge in [0.05, 0.1) is 4.47 Å². The molecular weight excluding hydrogens is 294 g/mol. The van der Waals surface area contributed by atoms with E-state index >= 15 is 0 Å². The number of nitrogens with one attached hydrogen (secondary N) is 2. The molecule has 3 saturated heterocycles. The summed E-state index contributed by atoms with van der Waals surface area (Å²) in [5.41, 5.74) is 0. The van der Waals surface area contributed by atoms with Crippen LogP contribution < -0.4 is 10.6 Å². The fourth-order valence-corrected chi connectivity index (χ4v) is 3.20. The van der Waals surface area contributed by atoms with Crippen molar-refractivity contribution in [2.24, 2.45) is 5.92 Å². The van der Waals surface area contributed by atoms with Crippen LogP contribution in [0.3, 0.4) is 0 Å². The zero-order valence-corrected chi connectivity index (χ0v) is 12.1. The van der Waals surface area contributed by atoms with Crippen molar-refractivity contribution in [2.45, 2.75) is 18.9 Å². The number of piperidine rings is 3. The second-order valence-corrected chi connectivity index (χ2v) is 5.88. The summed E-state index contributed by atoms with van der Waals surface area (Å²) in [6.07, 6.45) is 4.40. The molecule has 18 heavy (non-hydrogen) atoms. The quantitative estimate of drug-likeness (QED) is 0.891. The Hall–Kier alpha value is -0.880.